The zero-order valence-corrected chi connectivity index (χ0v) is 17.8. The number of carbonyl (C=O) groups excluding carboxylic acids is 1. The van der Waals surface area contributed by atoms with Gasteiger partial charge in [-0.05, 0) is 77.4 Å². The van der Waals surface area contributed by atoms with E-state index in [1.54, 1.807) is 21.1 Å². The SMILES string of the molecule is COc1ccc2cc(C(C)=O)ccc2c1.COc1ccc2cc([C@H](C)N)ccc2c1. The highest BCUT2D eigenvalue weighted by atomic mass is 16.5. The Bertz CT molecular complexity index is 1180. The Balaban J connectivity index is 0.000000171. The third-order valence-electron chi connectivity index (χ3n) is 5.05. The number of fused-ring (bicyclic) bond motifs is 2. The molecule has 0 saturated heterocycles. The number of ketones is 1. The van der Waals surface area contributed by atoms with Gasteiger partial charge in [0.1, 0.15) is 11.5 Å². The molecule has 0 saturated carbocycles. The molecule has 0 bridgehead atoms. The van der Waals surface area contributed by atoms with Gasteiger partial charge in [-0.2, -0.15) is 0 Å². The van der Waals surface area contributed by atoms with E-state index in [9.17, 15) is 4.79 Å². The summed E-state index contributed by atoms with van der Waals surface area (Å²) in [5, 5.41) is 4.52. The van der Waals surface area contributed by atoms with Gasteiger partial charge in [-0.25, -0.2) is 0 Å². The summed E-state index contributed by atoms with van der Waals surface area (Å²) in [6.45, 7) is 3.56. The average molecular weight is 402 g/mol. The highest BCUT2D eigenvalue weighted by molar-refractivity contribution is 5.98. The van der Waals surface area contributed by atoms with E-state index in [4.69, 9.17) is 15.2 Å². The van der Waals surface area contributed by atoms with Crippen LogP contribution in [0.15, 0.2) is 72.8 Å². The first-order chi connectivity index (χ1) is 14.4. The lowest BCUT2D eigenvalue weighted by Gasteiger charge is -2.08. The van der Waals surface area contributed by atoms with Gasteiger partial charge >= 0.3 is 0 Å². The van der Waals surface area contributed by atoms with E-state index < -0.39 is 0 Å². The Labute approximate surface area is 177 Å². The van der Waals surface area contributed by atoms with E-state index in [1.165, 1.54) is 10.8 Å². The van der Waals surface area contributed by atoms with Crippen molar-refractivity contribution in [2.24, 2.45) is 5.73 Å². The van der Waals surface area contributed by atoms with Crippen molar-refractivity contribution in [2.45, 2.75) is 19.9 Å². The molecule has 0 aliphatic heterocycles. The molecule has 4 nitrogen and oxygen atoms in total. The minimum atomic E-state index is 0.0801. The van der Waals surface area contributed by atoms with Crippen LogP contribution in [-0.4, -0.2) is 20.0 Å². The van der Waals surface area contributed by atoms with Crippen molar-refractivity contribution < 1.29 is 14.3 Å². The molecule has 30 heavy (non-hydrogen) atoms. The molecule has 4 heteroatoms. The zero-order valence-electron chi connectivity index (χ0n) is 17.8. The molecule has 0 amide bonds. The summed E-state index contributed by atoms with van der Waals surface area (Å²) in [5.41, 5.74) is 7.74. The molecule has 0 fully saturated rings. The Morgan fingerprint density at radius 3 is 1.70 bits per heavy atom. The van der Waals surface area contributed by atoms with Crippen molar-refractivity contribution >= 4 is 27.3 Å². The van der Waals surface area contributed by atoms with Crippen LogP contribution in [0.3, 0.4) is 0 Å². The number of nitrogens with two attached hydrogens (primary N) is 1. The van der Waals surface area contributed by atoms with Gasteiger partial charge in [0.15, 0.2) is 5.78 Å². The van der Waals surface area contributed by atoms with Crippen molar-refractivity contribution in [2.75, 3.05) is 14.2 Å². The highest BCUT2D eigenvalue weighted by Crippen LogP contribution is 2.24. The topological polar surface area (TPSA) is 61.5 Å². The highest BCUT2D eigenvalue weighted by Gasteiger charge is 2.02. The molecular weight excluding hydrogens is 374 g/mol. The predicted molar refractivity (Wildman–Crippen MR) is 124 cm³/mol. The maximum absolute atomic E-state index is 11.2. The van der Waals surface area contributed by atoms with Crippen molar-refractivity contribution in [3.05, 3.63) is 83.9 Å². The molecule has 0 radical (unpaired) electrons. The quantitative estimate of drug-likeness (QED) is 0.431. The van der Waals surface area contributed by atoms with Gasteiger partial charge in [-0.3, -0.25) is 4.79 Å². The van der Waals surface area contributed by atoms with E-state index in [-0.39, 0.29) is 11.8 Å². The first kappa shape index (κ1) is 21.3. The van der Waals surface area contributed by atoms with Crippen molar-refractivity contribution in [3.63, 3.8) is 0 Å². The van der Waals surface area contributed by atoms with E-state index in [2.05, 4.69) is 24.3 Å². The van der Waals surface area contributed by atoms with Crippen molar-refractivity contribution in [1.29, 1.82) is 0 Å². The fourth-order valence-corrected chi connectivity index (χ4v) is 3.22. The van der Waals surface area contributed by atoms with Crippen LogP contribution in [0.4, 0.5) is 0 Å². The summed E-state index contributed by atoms with van der Waals surface area (Å²) < 4.78 is 10.3. The minimum absolute atomic E-state index is 0.0801. The van der Waals surface area contributed by atoms with Crippen molar-refractivity contribution in [3.8, 4) is 11.5 Å². The summed E-state index contributed by atoms with van der Waals surface area (Å²) in [5.74, 6) is 1.81. The third kappa shape index (κ3) is 4.97. The number of methoxy groups -OCH3 is 2. The molecule has 0 spiro atoms. The number of carbonyl (C=O) groups is 1. The number of rotatable bonds is 4. The summed E-state index contributed by atoms with van der Waals surface area (Å²) in [6, 6.07) is 23.9. The predicted octanol–water partition coefficient (Wildman–Crippen LogP) is 5.92. The van der Waals surface area contributed by atoms with Gasteiger partial charge in [0.25, 0.3) is 0 Å². The lowest BCUT2D eigenvalue weighted by Crippen LogP contribution is -2.04. The zero-order chi connectivity index (χ0) is 21.7. The number of hydrogen-bond donors (Lipinski definition) is 1. The number of benzene rings is 4. The normalized spacial score (nSPS) is 11.5. The fraction of sp³-hybridized carbons (Fsp3) is 0.192. The second-order valence-electron chi connectivity index (χ2n) is 7.25. The smallest absolute Gasteiger partial charge is 0.159 e. The lowest BCUT2D eigenvalue weighted by molar-refractivity contribution is 0.101. The van der Waals surface area contributed by atoms with E-state index >= 15 is 0 Å². The molecule has 4 aromatic rings. The molecule has 4 aromatic carbocycles. The maximum atomic E-state index is 11.2. The van der Waals surface area contributed by atoms with Gasteiger partial charge in [0.05, 0.1) is 14.2 Å². The van der Waals surface area contributed by atoms with Crippen LogP contribution in [0.5, 0.6) is 11.5 Å². The van der Waals surface area contributed by atoms with Crippen LogP contribution >= 0.6 is 0 Å². The third-order valence-corrected chi connectivity index (χ3v) is 5.05. The van der Waals surface area contributed by atoms with Crippen LogP contribution in [0, 0.1) is 0 Å². The molecule has 154 valence electrons. The van der Waals surface area contributed by atoms with E-state index in [0.29, 0.717) is 0 Å². The number of hydrogen-bond acceptors (Lipinski definition) is 4. The Hall–Kier alpha value is -3.37. The molecule has 0 aromatic heterocycles. The monoisotopic (exact) mass is 401 g/mol. The maximum Gasteiger partial charge on any atom is 0.159 e. The Morgan fingerprint density at radius 1 is 0.733 bits per heavy atom. The average Bonchev–Trinajstić information content (AvgIpc) is 2.77. The summed E-state index contributed by atoms with van der Waals surface area (Å²) in [7, 11) is 3.32. The molecule has 0 aliphatic carbocycles. The van der Waals surface area contributed by atoms with Crippen LogP contribution in [-0.2, 0) is 0 Å². The first-order valence-electron chi connectivity index (χ1n) is 9.83. The number of Topliss-reactive ketones (excluding diaryl/α,β-unsaturated/α-hetero) is 1. The van der Waals surface area contributed by atoms with E-state index in [0.717, 1.165) is 33.4 Å². The molecule has 1 atom stereocenters. The summed E-state index contributed by atoms with van der Waals surface area (Å²) >= 11 is 0. The standard InChI is InChI=1S/C13H15NO.C13H12O2/c2*1-9(14)10-3-4-12-8-13(15-2)6-5-11(12)7-10/h3-9H,14H2,1-2H3;3-8H,1-2H3/t9-;/m0./s1. The second-order valence-corrected chi connectivity index (χ2v) is 7.25. The lowest BCUT2D eigenvalue weighted by atomic mass is 10.0. The molecule has 0 heterocycles. The molecule has 2 N–H and O–H groups in total. The first-order valence-corrected chi connectivity index (χ1v) is 9.83. The summed E-state index contributed by atoms with van der Waals surface area (Å²) in [6.07, 6.45) is 0. The summed E-state index contributed by atoms with van der Waals surface area (Å²) in [4.78, 5) is 11.2. The Morgan fingerprint density at radius 2 is 1.20 bits per heavy atom. The van der Waals surface area contributed by atoms with Crippen molar-refractivity contribution in [1.82, 2.24) is 0 Å². The largest absolute Gasteiger partial charge is 0.497 e. The van der Waals surface area contributed by atoms with Gasteiger partial charge in [0, 0.05) is 11.6 Å². The second kappa shape index (κ2) is 9.42. The van der Waals surface area contributed by atoms with Gasteiger partial charge in [-0.15, -0.1) is 0 Å². The van der Waals surface area contributed by atoms with Crippen LogP contribution in [0.1, 0.15) is 35.8 Å². The minimum Gasteiger partial charge on any atom is -0.497 e. The molecule has 4 rings (SSSR count). The molecule has 0 unspecified atom stereocenters. The van der Waals surface area contributed by atoms with Gasteiger partial charge in [-0.1, -0.05) is 36.4 Å². The molecular formula is C26H27NO3. The number of ether oxygens (including phenoxy) is 2. The van der Waals surface area contributed by atoms with Crippen LogP contribution in [0.2, 0.25) is 0 Å². The van der Waals surface area contributed by atoms with Gasteiger partial charge in [0.2, 0.25) is 0 Å². The van der Waals surface area contributed by atoms with E-state index in [1.807, 2.05) is 55.5 Å². The Kier molecular flexibility index (Phi) is 6.70. The van der Waals surface area contributed by atoms with Crippen LogP contribution < -0.4 is 15.2 Å². The van der Waals surface area contributed by atoms with Gasteiger partial charge < -0.3 is 15.2 Å². The van der Waals surface area contributed by atoms with Crippen LogP contribution in [0.25, 0.3) is 21.5 Å². The molecule has 0 aliphatic rings. The fourth-order valence-electron chi connectivity index (χ4n) is 3.22.